The van der Waals surface area contributed by atoms with Gasteiger partial charge < -0.3 is 9.47 Å². The van der Waals surface area contributed by atoms with Crippen molar-refractivity contribution in [2.45, 2.75) is 27.2 Å². The molecule has 2 aliphatic carbocycles. The summed E-state index contributed by atoms with van der Waals surface area (Å²) < 4.78 is 10.8. The number of hydrogen-bond acceptors (Lipinski definition) is 4. The van der Waals surface area contributed by atoms with E-state index in [0.717, 1.165) is 22.3 Å². The van der Waals surface area contributed by atoms with Gasteiger partial charge >= 0.3 is 5.97 Å². The summed E-state index contributed by atoms with van der Waals surface area (Å²) >= 11 is 0. The first-order chi connectivity index (χ1) is 13.8. The van der Waals surface area contributed by atoms with Crippen LogP contribution in [0.1, 0.15) is 38.3 Å². The first-order valence-corrected chi connectivity index (χ1v) is 9.83. The molecule has 0 aliphatic heterocycles. The SMILES string of the molecule is COC(=O)[C@]1(C)C[C@@]2(C)C(=O)[C@]1(C)C(c1ccccc1OC)=C2c1ccccc1. The number of esters is 1. The Morgan fingerprint density at radius 3 is 2.14 bits per heavy atom. The largest absolute Gasteiger partial charge is 0.496 e. The van der Waals surface area contributed by atoms with Gasteiger partial charge in [0.25, 0.3) is 0 Å². The molecule has 2 aliphatic rings. The Balaban J connectivity index is 2.13. The fourth-order valence-corrected chi connectivity index (χ4v) is 5.71. The van der Waals surface area contributed by atoms with E-state index in [-0.39, 0.29) is 11.8 Å². The van der Waals surface area contributed by atoms with Gasteiger partial charge in [0.05, 0.1) is 30.5 Å². The van der Waals surface area contributed by atoms with E-state index in [9.17, 15) is 9.59 Å². The molecule has 2 aromatic rings. The number of ether oxygens (including phenoxy) is 2. The highest BCUT2D eigenvalue weighted by Gasteiger charge is 2.75. The zero-order valence-corrected chi connectivity index (χ0v) is 17.5. The summed E-state index contributed by atoms with van der Waals surface area (Å²) in [6.45, 7) is 5.72. The molecule has 150 valence electrons. The van der Waals surface area contributed by atoms with Crippen LogP contribution in [0.15, 0.2) is 54.6 Å². The number of ketones is 1. The molecule has 0 heterocycles. The predicted octanol–water partition coefficient (Wildman–Crippen LogP) is 4.78. The van der Waals surface area contributed by atoms with E-state index in [1.54, 1.807) is 7.11 Å². The molecule has 4 rings (SSSR count). The first kappa shape index (κ1) is 19.4. The van der Waals surface area contributed by atoms with Crippen molar-refractivity contribution in [2.24, 2.45) is 16.2 Å². The zero-order chi connectivity index (χ0) is 21.0. The number of allylic oxidation sites excluding steroid dienone is 2. The quantitative estimate of drug-likeness (QED) is 0.705. The van der Waals surface area contributed by atoms with E-state index < -0.39 is 16.2 Å². The van der Waals surface area contributed by atoms with E-state index in [4.69, 9.17) is 9.47 Å². The van der Waals surface area contributed by atoms with Crippen LogP contribution in [0.25, 0.3) is 11.1 Å². The van der Waals surface area contributed by atoms with Gasteiger partial charge in [0.1, 0.15) is 5.75 Å². The molecular weight excluding hydrogens is 364 g/mol. The summed E-state index contributed by atoms with van der Waals surface area (Å²) in [6, 6.07) is 17.7. The Morgan fingerprint density at radius 2 is 1.52 bits per heavy atom. The molecule has 0 amide bonds. The minimum atomic E-state index is -1.02. The van der Waals surface area contributed by atoms with Crippen molar-refractivity contribution in [2.75, 3.05) is 14.2 Å². The van der Waals surface area contributed by atoms with Crippen LogP contribution in [-0.4, -0.2) is 26.0 Å². The molecule has 0 N–H and O–H groups in total. The van der Waals surface area contributed by atoms with Crippen molar-refractivity contribution < 1.29 is 19.1 Å². The van der Waals surface area contributed by atoms with Gasteiger partial charge in [0.15, 0.2) is 5.78 Å². The zero-order valence-electron chi connectivity index (χ0n) is 17.5. The summed E-state index contributed by atoms with van der Waals surface area (Å²) in [5.41, 5.74) is 0.943. The smallest absolute Gasteiger partial charge is 0.312 e. The fourth-order valence-electron chi connectivity index (χ4n) is 5.71. The highest BCUT2D eigenvalue weighted by atomic mass is 16.5. The lowest BCUT2D eigenvalue weighted by molar-refractivity contribution is -0.157. The van der Waals surface area contributed by atoms with E-state index >= 15 is 0 Å². The molecule has 1 saturated carbocycles. The minimum absolute atomic E-state index is 0.0673. The molecule has 2 aromatic carbocycles. The molecule has 4 nitrogen and oxygen atoms in total. The highest BCUT2D eigenvalue weighted by Crippen LogP contribution is 2.74. The van der Waals surface area contributed by atoms with Crippen molar-refractivity contribution in [1.29, 1.82) is 0 Å². The number of carbonyl (C=O) groups excluding carboxylic acids is 2. The number of rotatable bonds is 4. The third-order valence-electron chi connectivity index (χ3n) is 7.14. The van der Waals surface area contributed by atoms with Gasteiger partial charge in [-0.15, -0.1) is 0 Å². The van der Waals surface area contributed by atoms with Crippen LogP contribution in [0, 0.1) is 16.2 Å². The van der Waals surface area contributed by atoms with Gasteiger partial charge in [-0.2, -0.15) is 0 Å². The van der Waals surface area contributed by atoms with Gasteiger partial charge in [-0.25, -0.2) is 0 Å². The van der Waals surface area contributed by atoms with Crippen molar-refractivity contribution in [3.63, 3.8) is 0 Å². The molecule has 4 heteroatoms. The monoisotopic (exact) mass is 390 g/mol. The van der Waals surface area contributed by atoms with Crippen LogP contribution >= 0.6 is 0 Å². The van der Waals surface area contributed by atoms with Gasteiger partial charge in [0, 0.05) is 5.56 Å². The Morgan fingerprint density at radius 1 is 0.897 bits per heavy atom. The van der Waals surface area contributed by atoms with Gasteiger partial charge in [-0.05, 0) is 50.0 Å². The van der Waals surface area contributed by atoms with Crippen LogP contribution in [0.4, 0.5) is 0 Å². The minimum Gasteiger partial charge on any atom is -0.496 e. The predicted molar refractivity (Wildman–Crippen MR) is 112 cm³/mol. The Labute approximate surface area is 171 Å². The average Bonchev–Trinajstić information content (AvgIpc) is 3.02. The van der Waals surface area contributed by atoms with Gasteiger partial charge in [-0.1, -0.05) is 48.5 Å². The number of Topliss-reactive ketones (excluding diaryl/α,β-unsaturated/α-hetero) is 1. The molecule has 0 radical (unpaired) electrons. The Kier molecular flexibility index (Phi) is 4.23. The third-order valence-corrected chi connectivity index (χ3v) is 7.14. The van der Waals surface area contributed by atoms with Crippen molar-refractivity contribution >= 4 is 22.9 Å². The number of carbonyl (C=O) groups is 2. The maximum atomic E-state index is 13.9. The lowest BCUT2D eigenvalue weighted by atomic mass is 9.59. The van der Waals surface area contributed by atoms with Crippen LogP contribution in [0.3, 0.4) is 0 Å². The molecule has 0 spiro atoms. The summed E-state index contributed by atoms with van der Waals surface area (Å²) in [4.78, 5) is 26.9. The second-order valence-corrected chi connectivity index (χ2v) is 8.60. The molecule has 2 bridgehead atoms. The topological polar surface area (TPSA) is 52.6 Å². The molecule has 0 aromatic heterocycles. The second-order valence-electron chi connectivity index (χ2n) is 8.60. The Bertz CT molecular complexity index is 1040. The highest BCUT2D eigenvalue weighted by molar-refractivity contribution is 6.25. The van der Waals surface area contributed by atoms with Crippen molar-refractivity contribution in [3.05, 3.63) is 65.7 Å². The molecule has 1 fully saturated rings. The number of para-hydroxylation sites is 1. The average molecular weight is 390 g/mol. The summed E-state index contributed by atoms with van der Waals surface area (Å²) in [6.07, 6.45) is 0.422. The summed E-state index contributed by atoms with van der Waals surface area (Å²) in [7, 11) is 3.01. The van der Waals surface area contributed by atoms with E-state index in [1.165, 1.54) is 7.11 Å². The van der Waals surface area contributed by atoms with E-state index in [1.807, 2.05) is 75.4 Å². The molecule has 3 atom stereocenters. The molecule has 0 saturated heterocycles. The lowest BCUT2D eigenvalue weighted by Crippen LogP contribution is -2.44. The van der Waals surface area contributed by atoms with Crippen LogP contribution in [0.5, 0.6) is 5.75 Å². The third kappa shape index (κ3) is 2.26. The first-order valence-electron chi connectivity index (χ1n) is 9.83. The number of methoxy groups -OCH3 is 2. The number of benzene rings is 2. The second kappa shape index (κ2) is 6.31. The normalized spacial score (nSPS) is 30.6. The lowest BCUT2D eigenvalue weighted by Gasteiger charge is -2.42. The van der Waals surface area contributed by atoms with Crippen LogP contribution < -0.4 is 4.74 Å². The van der Waals surface area contributed by atoms with Crippen LogP contribution in [0.2, 0.25) is 0 Å². The maximum absolute atomic E-state index is 13.9. The molecule has 29 heavy (non-hydrogen) atoms. The van der Waals surface area contributed by atoms with Gasteiger partial charge in [0.2, 0.25) is 0 Å². The van der Waals surface area contributed by atoms with Gasteiger partial charge in [-0.3, -0.25) is 9.59 Å². The van der Waals surface area contributed by atoms with E-state index in [0.29, 0.717) is 12.2 Å². The standard InChI is InChI=1S/C25H26O4/c1-23-15-24(2,22(27)29-5)25(3,21(23)26)20(17-13-9-10-14-18(17)28-4)19(23)16-11-7-6-8-12-16/h6-14H,15H2,1-5H3/t23-,24+,25+/m1/s1. The number of hydrogen-bond donors (Lipinski definition) is 0. The number of fused-ring (bicyclic) bond motifs is 2. The maximum Gasteiger partial charge on any atom is 0.312 e. The van der Waals surface area contributed by atoms with Crippen molar-refractivity contribution in [3.8, 4) is 5.75 Å². The fraction of sp³-hybridized carbons (Fsp3) is 0.360. The molecule has 0 unspecified atom stereocenters. The molecular formula is C25H26O4. The Hall–Kier alpha value is -2.88. The summed E-state index contributed by atoms with van der Waals surface area (Å²) in [5, 5.41) is 0. The van der Waals surface area contributed by atoms with Crippen LogP contribution in [-0.2, 0) is 14.3 Å². The summed E-state index contributed by atoms with van der Waals surface area (Å²) in [5.74, 6) is 0.405. The van der Waals surface area contributed by atoms with Crippen molar-refractivity contribution in [1.82, 2.24) is 0 Å². The van der Waals surface area contributed by atoms with E-state index in [2.05, 4.69) is 0 Å².